The minimum atomic E-state index is -3.87. The van der Waals surface area contributed by atoms with Gasteiger partial charge >= 0.3 is 16.4 Å². The molecule has 2 aromatic heterocycles. The molecule has 0 atom stereocenters. The normalized spacial score (nSPS) is 18.2. The molecular weight excluding hydrogens is 542 g/mol. The van der Waals surface area contributed by atoms with Gasteiger partial charge < -0.3 is 23.6 Å². The summed E-state index contributed by atoms with van der Waals surface area (Å²) in [4.78, 5) is 15.2. The Morgan fingerprint density at radius 2 is 1.80 bits per heavy atom. The summed E-state index contributed by atoms with van der Waals surface area (Å²) in [6.45, 7) is 7.52. The van der Waals surface area contributed by atoms with Crippen LogP contribution in [0.25, 0.3) is 0 Å². The lowest BCUT2D eigenvalue weighted by Gasteiger charge is -2.30. The number of nitrogens with zero attached hydrogens (tertiary/aromatic N) is 5. The Bertz CT molecular complexity index is 1410. The molecule has 0 unspecified atom stereocenters. The molecule has 2 fully saturated rings. The summed E-state index contributed by atoms with van der Waals surface area (Å²) in [5.41, 5.74) is 1.60. The summed E-state index contributed by atoms with van der Waals surface area (Å²) < 4.78 is 55.5. The molecule has 2 saturated heterocycles. The van der Waals surface area contributed by atoms with Crippen molar-refractivity contribution in [2.45, 2.75) is 52.1 Å². The van der Waals surface area contributed by atoms with Gasteiger partial charge in [-0.05, 0) is 31.0 Å². The highest BCUT2D eigenvalue weighted by atomic mass is 32.3. The molecule has 40 heavy (non-hydrogen) atoms. The Morgan fingerprint density at radius 1 is 1.07 bits per heavy atom. The first-order valence-electron chi connectivity index (χ1n) is 13.2. The van der Waals surface area contributed by atoms with Crippen molar-refractivity contribution < 1.29 is 35.5 Å². The van der Waals surface area contributed by atoms with Crippen molar-refractivity contribution in [1.29, 1.82) is 0 Å². The van der Waals surface area contributed by atoms with Crippen LogP contribution in [0.15, 0.2) is 29.0 Å². The maximum atomic E-state index is 11.3. The van der Waals surface area contributed by atoms with E-state index in [1.54, 1.807) is 13.2 Å². The number of anilines is 1. The van der Waals surface area contributed by atoms with Gasteiger partial charge in [-0.2, -0.15) is 13.4 Å². The molecule has 1 aromatic carbocycles. The van der Waals surface area contributed by atoms with Crippen LogP contribution in [0.1, 0.15) is 49.6 Å². The molecular formula is C26H33N5O8S. The van der Waals surface area contributed by atoms with E-state index >= 15 is 0 Å². The van der Waals surface area contributed by atoms with E-state index in [1.165, 1.54) is 6.33 Å². The van der Waals surface area contributed by atoms with Crippen LogP contribution in [0.2, 0.25) is 0 Å². The van der Waals surface area contributed by atoms with E-state index in [4.69, 9.17) is 27.1 Å². The fourth-order valence-electron chi connectivity index (χ4n) is 4.47. The Morgan fingerprint density at radius 3 is 2.48 bits per heavy atom. The fourth-order valence-corrected chi connectivity index (χ4v) is 5.26. The van der Waals surface area contributed by atoms with Crippen LogP contribution in [0.4, 0.5) is 6.01 Å². The van der Waals surface area contributed by atoms with Gasteiger partial charge in [-0.1, -0.05) is 25.1 Å². The van der Waals surface area contributed by atoms with Crippen molar-refractivity contribution in [2.75, 3.05) is 38.3 Å². The minimum Gasteiger partial charge on any atom is -0.493 e. The zero-order chi connectivity index (χ0) is 28.3. The smallest absolute Gasteiger partial charge is 0.399 e. The van der Waals surface area contributed by atoms with Crippen LogP contribution in [0, 0.1) is 12.8 Å². The lowest BCUT2D eigenvalue weighted by atomic mass is 10.0. The van der Waals surface area contributed by atoms with Gasteiger partial charge in [0.25, 0.3) is 0 Å². The summed E-state index contributed by atoms with van der Waals surface area (Å²) in [6, 6.07) is 6.06. The number of hydrogen-bond donors (Lipinski definition) is 0. The first-order chi connectivity index (χ1) is 19.2. The second-order valence-electron chi connectivity index (χ2n) is 10.1. The van der Waals surface area contributed by atoms with Gasteiger partial charge in [0, 0.05) is 37.8 Å². The number of ether oxygens (including phenoxy) is 3. The van der Waals surface area contributed by atoms with Gasteiger partial charge in [-0.3, -0.25) is 0 Å². The summed E-state index contributed by atoms with van der Waals surface area (Å²) in [7, 11) is -2.32. The van der Waals surface area contributed by atoms with Crippen LogP contribution in [0.3, 0.4) is 0 Å². The van der Waals surface area contributed by atoms with Crippen LogP contribution in [-0.2, 0) is 25.2 Å². The van der Waals surface area contributed by atoms with E-state index in [0.29, 0.717) is 47.1 Å². The zero-order valence-electron chi connectivity index (χ0n) is 22.9. The van der Waals surface area contributed by atoms with E-state index in [9.17, 15) is 8.42 Å². The van der Waals surface area contributed by atoms with Crippen LogP contribution < -0.4 is 19.1 Å². The molecule has 4 heterocycles. The minimum absolute atomic E-state index is 0.0262. The van der Waals surface area contributed by atoms with Gasteiger partial charge in [0.05, 0.1) is 25.9 Å². The zero-order valence-corrected chi connectivity index (χ0v) is 23.7. The highest BCUT2D eigenvalue weighted by molar-refractivity contribution is 7.81. The number of rotatable bonds is 9. The van der Waals surface area contributed by atoms with E-state index in [2.05, 4.69) is 25.0 Å². The third kappa shape index (κ3) is 6.62. The van der Waals surface area contributed by atoms with E-state index in [0.717, 1.165) is 31.5 Å². The lowest BCUT2D eigenvalue weighted by Crippen LogP contribution is -2.38. The molecule has 3 aromatic rings. The van der Waals surface area contributed by atoms with Gasteiger partial charge in [0.2, 0.25) is 11.8 Å². The number of methoxy groups -OCH3 is 1. The number of piperidine rings is 1. The summed E-state index contributed by atoms with van der Waals surface area (Å²) >= 11 is 0. The third-order valence-electron chi connectivity index (χ3n) is 6.78. The van der Waals surface area contributed by atoms with Gasteiger partial charge in [0.1, 0.15) is 12.4 Å². The van der Waals surface area contributed by atoms with Crippen molar-refractivity contribution in [1.82, 2.24) is 20.1 Å². The molecule has 216 valence electrons. The molecule has 0 aliphatic carbocycles. The average molecular weight is 576 g/mol. The second-order valence-corrected chi connectivity index (χ2v) is 11.4. The molecule has 5 rings (SSSR count). The Hall–Kier alpha value is -3.49. The largest absolute Gasteiger partial charge is 0.493 e. The van der Waals surface area contributed by atoms with Gasteiger partial charge in [0.15, 0.2) is 17.3 Å². The lowest BCUT2D eigenvalue weighted by molar-refractivity contribution is 0.103. The predicted octanol–water partition coefficient (Wildman–Crippen LogP) is 3.59. The van der Waals surface area contributed by atoms with E-state index in [-0.39, 0.29) is 31.2 Å². The van der Waals surface area contributed by atoms with Gasteiger partial charge in [-0.25, -0.2) is 18.3 Å². The maximum Gasteiger partial charge on any atom is 0.399 e. The van der Waals surface area contributed by atoms with Crippen molar-refractivity contribution >= 4 is 16.4 Å². The first-order valence-corrected chi connectivity index (χ1v) is 14.5. The topological polar surface area (TPSA) is 148 Å². The quantitative estimate of drug-likeness (QED) is 0.366. The van der Waals surface area contributed by atoms with E-state index < -0.39 is 10.4 Å². The van der Waals surface area contributed by atoms with Crippen LogP contribution >= 0.6 is 0 Å². The van der Waals surface area contributed by atoms with Crippen molar-refractivity contribution in [3.8, 4) is 23.3 Å². The molecule has 0 radical (unpaired) electrons. The monoisotopic (exact) mass is 575 g/mol. The molecule has 14 heteroatoms. The SMILES string of the molecule is COc1cc(CC2COS(=O)(=O)OC2)ccc1Oc1ncnc(OC2CCN(c3nc(C(C)C)no3)CC2)c1C. The maximum absolute atomic E-state index is 11.3. The molecule has 0 bridgehead atoms. The summed E-state index contributed by atoms with van der Waals surface area (Å²) in [6.07, 6.45) is 3.49. The number of hydrogen-bond acceptors (Lipinski definition) is 13. The number of aromatic nitrogens is 4. The molecule has 13 nitrogen and oxygen atoms in total. The number of benzene rings is 1. The molecule has 0 amide bonds. The second kappa shape index (κ2) is 11.9. The average Bonchev–Trinajstić information content (AvgIpc) is 3.44. The van der Waals surface area contributed by atoms with Crippen LogP contribution in [-0.4, -0.2) is 68.0 Å². The van der Waals surface area contributed by atoms with Crippen molar-refractivity contribution in [3.63, 3.8) is 0 Å². The molecule has 2 aliphatic heterocycles. The third-order valence-corrected chi connectivity index (χ3v) is 7.63. The van der Waals surface area contributed by atoms with E-state index in [1.807, 2.05) is 32.9 Å². The summed E-state index contributed by atoms with van der Waals surface area (Å²) in [5, 5.41) is 4.05. The molecule has 0 saturated carbocycles. The Balaban J connectivity index is 1.20. The predicted molar refractivity (Wildman–Crippen MR) is 142 cm³/mol. The Labute approximate surface area is 233 Å². The van der Waals surface area contributed by atoms with Crippen molar-refractivity contribution in [2.24, 2.45) is 5.92 Å². The highest BCUT2D eigenvalue weighted by Crippen LogP contribution is 2.35. The molecule has 2 aliphatic rings. The van der Waals surface area contributed by atoms with Crippen molar-refractivity contribution in [3.05, 3.63) is 41.5 Å². The summed E-state index contributed by atoms with van der Waals surface area (Å²) in [5.74, 6) is 2.63. The standard InChI is InChI=1S/C26H33N5O8S/c1-16(2)23-29-26(39-30-23)31-9-7-20(8-10-31)37-24-17(3)25(28-15-27-24)38-21-6-5-18(12-22(21)34-4)11-19-13-35-40(32,33)36-14-19/h5-6,12,15-16,19-20H,7-11,13-14H2,1-4H3. The first kappa shape index (κ1) is 28.1. The Kier molecular flexibility index (Phi) is 8.38. The fraction of sp³-hybridized carbons (Fsp3) is 0.538. The highest BCUT2D eigenvalue weighted by Gasteiger charge is 2.27. The van der Waals surface area contributed by atoms with Gasteiger partial charge in [-0.15, -0.1) is 0 Å². The molecule has 0 spiro atoms. The van der Waals surface area contributed by atoms with Crippen LogP contribution in [0.5, 0.6) is 23.3 Å². The molecule has 0 N–H and O–H groups in total.